The van der Waals surface area contributed by atoms with E-state index in [1.807, 2.05) is 6.07 Å². The molecule has 0 spiro atoms. The van der Waals surface area contributed by atoms with Gasteiger partial charge in [0.05, 0.1) is 11.3 Å². The Morgan fingerprint density at radius 2 is 1.75 bits per heavy atom. The van der Waals surface area contributed by atoms with Crippen molar-refractivity contribution in [1.82, 2.24) is 0 Å². The summed E-state index contributed by atoms with van der Waals surface area (Å²) in [5.41, 5.74) is 3.46. The number of carbonyl (C=O) groups is 3. The van der Waals surface area contributed by atoms with Crippen LogP contribution in [0.1, 0.15) is 52.1 Å². The molecule has 2 aliphatic carbocycles. The average molecular weight is 377 g/mol. The number of carbonyl (C=O) groups excluding carboxylic acids is 1. The SMILES string of the molecule is CC1(C)CC2C(C(=O)O)=C2c2cc(C(=O)Nc3ccccc3C(=O)O)ccc21. The van der Waals surface area contributed by atoms with Crippen LogP contribution in [0.3, 0.4) is 0 Å². The molecule has 4 rings (SSSR count). The zero-order valence-corrected chi connectivity index (χ0v) is 15.4. The van der Waals surface area contributed by atoms with Crippen LogP contribution in [0.4, 0.5) is 5.69 Å². The molecule has 6 nitrogen and oxygen atoms in total. The first kappa shape index (κ1) is 18.0. The number of nitrogens with one attached hydrogen (secondary N) is 1. The van der Waals surface area contributed by atoms with Gasteiger partial charge >= 0.3 is 11.9 Å². The Morgan fingerprint density at radius 1 is 1.04 bits per heavy atom. The van der Waals surface area contributed by atoms with Crippen LogP contribution in [-0.2, 0) is 10.2 Å². The van der Waals surface area contributed by atoms with Gasteiger partial charge in [0, 0.05) is 17.1 Å². The van der Waals surface area contributed by atoms with Gasteiger partial charge < -0.3 is 15.5 Å². The molecule has 3 N–H and O–H groups in total. The summed E-state index contributed by atoms with van der Waals surface area (Å²) < 4.78 is 0. The van der Waals surface area contributed by atoms with Gasteiger partial charge in [-0.3, -0.25) is 4.79 Å². The highest BCUT2D eigenvalue weighted by atomic mass is 16.4. The van der Waals surface area contributed by atoms with Crippen molar-refractivity contribution in [3.63, 3.8) is 0 Å². The lowest BCUT2D eigenvalue weighted by atomic mass is 9.72. The summed E-state index contributed by atoms with van der Waals surface area (Å²) in [6.45, 7) is 4.15. The fraction of sp³-hybridized carbons (Fsp3) is 0.227. The van der Waals surface area contributed by atoms with Crippen LogP contribution in [0.5, 0.6) is 0 Å². The Morgan fingerprint density at radius 3 is 2.43 bits per heavy atom. The number of amides is 1. The standard InChI is InChI=1S/C22H19NO5/c1-22(2)10-14-17(18(14)21(27)28)13-9-11(7-8-15(13)22)19(24)23-16-6-4-3-5-12(16)20(25)26/h3-9,14H,10H2,1-2H3,(H,23,24)(H,25,26)(H,27,28). The molecule has 0 heterocycles. The van der Waals surface area contributed by atoms with Gasteiger partial charge in [-0.15, -0.1) is 0 Å². The number of carboxylic acid groups (broad SMARTS) is 2. The van der Waals surface area contributed by atoms with Crippen molar-refractivity contribution in [1.29, 1.82) is 0 Å². The molecule has 1 atom stereocenters. The maximum atomic E-state index is 12.7. The zero-order chi connectivity index (χ0) is 20.2. The van der Waals surface area contributed by atoms with Gasteiger partial charge in [-0.2, -0.15) is 0 Å². The molecule has 1 amide bonds. The van der Waals surface area contributed by atoms with E-state index in [0.29, 0.717) is 11.1 Å². The molecule has 0 saturated carbocycles. The van der Waals surface area contributed by atoms with E-state index >= 15 is 0 Å². The first-order chi connectivity index (χ1) is 13.2. The molecule has 0 fully saturated rings. The van der Waals surface area contributed by atoms with Crippen molar-refractivity contribution >= 4 is 29.1 Å². The molecule has 142 valence electrons. The lowest BCUT2D eigenvalue weighted by molar-refractivity contribution is -0.132. The molecule has 2 aliphatic rings. The molecule has 1 unspecified atom stereocenters. The number of benzene rings is 2. The van der Waals surface area contributed by atoms with E-state index in [0.717, 1.165) is 23.1 Å². The van der Waals surface area contributed by atoms with Crippen molar-refractivity contribution in [2.45, 2.75) is 25.7 Å². The predicted molar refractivity (Wildman–Crippen MR) is 103 cm³/mol. The number of rotatable bonds is 4. The average Bonchev–Trinajstić information content (AvgIpc) is 3.35. The molecular formula is C22H19NO5. The number of hydrogen-bond donors (Lipinski definition) is 3. The highest BCUT2D eigenvalue weighted by Crippen LogP contribution is 2.59. The number of carboxylic acids is 2. The van der Waals surface area contributed by atoms with E-state index in [1.54, 1.807) is 24.3 Å². The maximum Gasteiger partial charge on any atom is 0.337 e. The summed E-state index contributed by atoms with van der Waals surface area (Å²) in [4.78, 5) is 35.6. The van der Waals surface area contributed by atoms with E-state index in [4.69, 9.17) is 0 Å². The van der Waals surface area contributed by atoms with Gasteiger partial charge in [-0.1, -0.05) is 32.0 Å². The van der Waals surface area contributed by atoms with Crippen LogP contribution >= 0.6 is 0 Å². The van der Waals surface area contributed by atoms with E-state index in [9.17, 15) is 24.6 Å². The van der Waals surface area contributed by atoms with Crippen LogP contribution in [-0.4, -0.2) is 28.1 Å². The topological polar surface area (TPSA) is 104 Å². The summed E-state index contributed by atoms with van der Waals surface area (Å²) in [5, 5.41) is 21.4. The highest BCUT2D eigenvalue weighted by Gasteiger charge is 2.50. The molecule has 0 radical (unpaired) electrons. The van der Waals surface area contributed by atoms with Crippen molar-refractivity contribution in [2.24, 2.45) is 5.92 Å². The fourth-order valence-corrected chi connectivity index (χ4v) is 4.16. The molecule has 0 aliphatic heterocycles. The van der Waals surface area contributed by atoms with E-state index in [1.165, 1.54) is 12.1 Å². The number of allylic oxidation sites excluding steroid dienone is 1. The third-order valence-corrected chi connectivity index (χ3v) is 5.56. The minimum absolute atomic E-state index is 0.00747. The summed E-state index contributed by atoms with van der Waals surface area (Å²) in [7, 11) is 0. The largest absolute Gasteiger partial charge is 0.478 e. The minimum Gasteiger partial charge on any atom is -0.478 e. The van der Waals surface area contributed by atoms with Crippen molar-refractivity contribution in [3.05, 3.63) is 70.3 Å². The lowest BCUT2D eigenvalue weighted by Gasteiger charge is -2.32. The second kappa shape index (κ2) is 6.05. The smallest absolute Gasteiger partial charge is 0.337 e. The van der Waals surface area contributed by atoms with Crippen LogP contribution < -0.4 is 5.32 Å². The predicted octanol–water partition coefficient (Wildman–Crippen LogP) is 3.79. The van der Waals surface area contributed by atoms with Crippen molar-refractivity contribution in [3.8, 4) is 0 Å². The third kappa shape index (κ3) is 2.78. The minimum atomic E-state index is -1.12. The molecule has 2 aromatic rings. The first-order valence-electron chi connectivity index (χ1n) is 8.96. The fourth-order valence-electron chi connectivity index (χ4n) is 4.16. The molecule has 0 saturated heterocycles. The maximum absolute atomic E-state index is 12.7. The van der Waals surface area contributed by atoms with Crippen LogP contribution in [0.25, 0.3) is 5.57 Å². The van der Waals surface area contributed by atoms with Crippen LogP contribution in [0.15, 0.2) is 48.0 Å². The Labute approximate surface area is 161 Å². The highest BCUT2D eigenvalue weighted by molar-refractivity contribution is 6.12. The van der Waals surface area contributed by atoms with Gasteiger partial charge in [-0.05, 0) is 52.8 Å². The Bertz CT molecular complexity index is 1080. The summed E-state index contributed by atoms with van der Waals surface area (Å²) >= 11 is 0. The number of hydrogen-bond acceptors (Lipinski definition) is 3. The second-order valence-electron chi connectivity index (χ2n) is 7.84. The normalized spacial score (nSPS) is 18.7. The number of para-hydroxylation sites is 1. The van der Waals surface area contributed by atoms with E-state index < -0.39 is 17.8 Å². The van der Waals surface area contributed by atoms with Crippen LogP contribution in [0, 0.1) is 5.92 Å². The summed E-state index contributed by atoms with van der Waals surface area (Å²) in [5.74, 6) is -2.53. The van der Waals surface area contributed by atoms with Gasteiger partial charge in [0.25, 0.3) is 5.91 Å². The molecule has 28 heavy (non-hydrogen) atoms. The molecule has 0 bridgehead atoms. The molecule has 6 heteroatoms. The molecule has 0 aromatic heterocycles. The Kier molecular flexibility index (Phi) is 3.89. The lowest BCUT2D eigenvalue weighted by Crippen LogP contribution is -2.24. The third-order valence-electron chi connectivity index (χ3n) is 5.56. The molecule has 2 aromatic carbocycles. The Hall–Kier alpha value is -3.41. The number of fused-ring (bicyclic) bond motifs is 3. The van der Waals surface area contributed by atoms with Crippen LogP contribution in [0.2, 0.25) is 0 Å². The van der Waals surface area contributed by atoms with Gasteiger partial charge in [-0.25, -0.2) is 9.59 Å². The monoisotopic (exact) mass is 377 g/mol. The second-order valence-corrected chi connectivity index (χ2v) is 7.84. The van der Waals surface area contributed by atoms with E-state index in [2.05, 4.69) is 19.2 Å². The van der Waals surface area contributed by atoms with Gasteiger partial charge in [0.15, 0.2) is 0 Å². The van der Waals surface area contributed by atoms with Crippen molar-refractivity contribution < 1.29 is 24.6 Å². The first-order valence-corrected chi connectivity index (χ1v) is 8.96. The number of aromatic carboxylic acids is 1. The number of anilines is 1. The summed E-state index contributed by atoms with van der Waals surface area (Å²) in [6.07, 6.45) is 0.745. The van der Waals surface area contributed by atoms with Gasteiger partial charge in [0.1, 0.15) is 0 Å². The molecular weight excluding hydrogens is 358 g/mol. The Balaban J connectivity index is 1.71. The quantitative estimate of drug-likeness (QED) is 0.752. The van der Waals surface area contributed by atoms with Crippen molar-refractivity contribution in [2.75, 3.05) is 5.32 Å². The van der Waals surface area contributed by atoms with E-state index in [-0.39, 0.29) is 22.6 Å². The zero-order valence-electron chi connectivity index (χ0n) is 15.4. The number of aliphatic carboxylic acids is 1. The van der Waals surface area contributed by atoms with Gasteiger partial charge in [0.2, 0.25) is 0 Å². The summed E-state index contributed by atoms with van der Waals surface area (Å²) in [6, 6.07) is 11.5.